The summed E-state index contributed by atoms with van der Waals surface area (Å²) in [4.78, 5) is 36.3. The number of anilines is 1. The molecule has 0 atom stereocenters. The second kappa shape index (κ2) is 6.98. The predicted molar refractivity (Wildman–Crippen MR) is 90.8 cm³/mol. The van der Waals surface area contributed by atoms with E-state index in [0.29, 0.717) is 5.01 Å². The highest BCUT2D eigenvalue weighted by Crippen LogP contribution is 2.27. The molecule has 26 heavy (non-hydrogen) atoms. The summed E-state index contributed by atoms with van der Waals surface area (Å²) < 4.78 is 0. The summed E-state index contributed by atoms with van der Waals surface area (Å²) in [6.45, 7) is 0. The lowest BCUT2D eigenvalue weighted by Crippen LogP contribution is -2.12. The van der Waals surface area contributed by atoms with Crippen molar-refractivity contribution in [1.29, 1.82) is 0 Å². The van der Waals surface area contributed by atoms with Gasteiger partial charge in [0.05, 0.1) is 21.5 Å². The zero-order valence-electron chi connectivity index (χ0n) is 12.7. The summed E-state index contributed by atoms with van der Waals surface area (Å²) in [5.41, 5.74) is -0.589. The average Bonchev–Trinajstić information content (AvgIpc) is 3.10. The Bertz CT molecular complexity index is 974. The van der Waals surface area contributed by atoms with Gasteiger partial charge in [-0.05, 0) is 12.1 Å². The number of aromatic nitrogens is 3. The molecule has 0 fully saturated rings. The second-order valence-electron chi connectivity index (χ2n) is 4.85. The van der Waals surface area contributed by atoms with E-state index in [4.69, 9.17) is 0 Å². The largest absolute Gasteiger partial charge is 0.296 e. The van der Waals surface area contributed by atoms with Crippen molar-refractivity contribution in [3.05, 3.63) is 68.5 Å². The molecule has 1 N–H and O–H groups in total. The van der Waals surface area contributed by atoms with Gasteiger partial charge in [0.25, 0.3) is 17.3 Å². The summed E-state index contributed by atoms with van der Waals surface area (Å²) in [5.74, 6) is -0.769. The van der Waals surface area contributed by atoms with Crippen molar-refractivity contribution in [3.8, 4) is 10.6 Å². The highest BCUT2D eigenvalue weighted by Gasteiger charge is 2.20. The van der Waals surface area contributed by atoms with Crippen LogP contribution in [0.2, 0.25) is 0 Å². The van der Waals surface area contributed by atoms with Gasteiger partial charge < -0.3 is 0 Å². The summed E-state index contributed by atoms with van der Waals surface area (Å²) >= 11 is 1.08. The highest BCUT2D eigenvalue weighted by molar-refractivity contribution is 7.18. The lowest BCUT2D eigenvalue weighted by atomic mass is 10.1. The van der Waals surface area contributed by atoms with Gasteiger partial charge in [-0.15, -0.1) is 10.2 Å². The van der Waals surface area contributed by atoms with Gasteiger partial charge in [-0.1, -0.05) is 11.3 Å². The van der Waals surface area contributed by atoms with E-state index >= 15 is 0 Å². The fourth-order valence-electron chi connectivity index (χ4n) is 1.99. The Labute approximate surface area is 148 Å². The van der Waals surface area contributed by atoms with Crippen LogP contribution in [0.4, 0.5) is 16.5 Å². The van der Waals surface area contributed by atoms with Gasteiger partial charge in [0.1, 0.15) is 5.01 Å². The van der Waals surface area contributed by atoms with E-state index in [1.54, 1.807) is 24.5 Å². The third kappa shape index (κ3) is 3.64. The number of carbonyl (C=O) groups is 1. The fourth-order valence-corrected chi connectivity index (χ4v) is 2.74. The van der Waals surface area contributed by atoms with E-state index < -0.39 is 27.1 Å². The molecule has 130 valence electrons. The number of carbonyl (C=O) groups excluding carboxylic acids is 1. The zero-order valence-corrected chi connectivity index (χ0v) is 13.5. The minimum absolute atomic E-state index is 0.149. The number of hydrogen-bond donors (Lipinski definition) is 1. The Morgan fingerprint density at radius 2 is 1.62 bits per heavy atom. The predicted octanol–water partition coefficient (Wildman–Crippen LogP) is 2.67. The monoisotopic (exact) mass is 372 g/mol. The van der Waals surface area contributed by atoms with Gasteiger partial charge in [0.15, 0.2) is 0 Å². The average molecular weight is 372 g/mol. The molecule has 0 saturated carbocycles. The Morgan fingerprint density at radius 3 is 2.19 bits per heavy atom. The molecule has 2 aromatic heterocycles. The lowest BCUT2D eigenvalue weighted by Gasteiger charge is -2.01. The molecule has 0 aliphatic rings. The Hall–Kier alpha value is -3.80. The lowest BCUT2D eigenvalue weighted by molar-refractivity contribution is -0.394. The number of pyridine rings is 1. The van der Waals surface area contributed by atoms with Crippen LogP contribution in [0.3, 0.4) is 0 Å². The smallest absolute Gasteiger partial charge is 0.277 e. The van der Waals surface area contributed by atoms with Crippen molar-refractivity contribution in [2.75, 3.05) is 5.32 Å². The molecule has 3 rings (SSSR count). The number of benzene rings is 1. The van der Waals surface area contributed by atoms with E-state index in [0.717, 1.165) is 35.1 Å². The molecule has 0 aliphatic heterocycles. The quantitative estimate of drug-likeness (QED) is 0.529. The van der Waals surface area contributed by atoms with Crippen molar-refractivity contribution in [1.82, 2.24) is 15.2 Å². The number of rotatable bonds is 5. The number of nitro groups is 2. The molecule has 0 radical (unpaired) electrons. The first-order valence-electron chi connectivity index (χ1n) is 6.93. The van der Waals surface area contributed by atoms with Crippen LogP contribution in [0, 0.1) is 20.2 Å². The van der Waals surface area contributed by atoms with Crippen LogP contribution in [0.25, 0.3) is 10.6 Å². The molecular weight excluding hydrogens is 364 g/mol. The molecular formula is C14H8N6O5S. The molecule has 0 saturated heterocycles. The summed E-state index contributed by atoms with van der Waals surface area (Å²) in [6.07, 6.45) is 3.16. The molecule has 1 amide bonds. The van der Waals surface area contributed by atoms with Crippen LogP contribution in [-0.4, -0.2) is 30.9 Å². The number of amides is 1. The molecule has 0 unspecified atom stereocenters. The Balaban J connectivity index is 1.85. The third-order valence-electron chi connectivity index (χ3n) is 3.16. The van der Waals surface area contributed by atoms with Crippen molar-refractivity contribution >= 4 is 33.8 Å². The van der Waals surface area contributed by atoms with Crippen molar-refractivity contribution < 1.29 is 14.6 Å². The minimum Gasteiger partial charge on any atom is -0.296 e. The van der Waals surface area contributed by atoms with E-state index in [9.17, 15) is 25.0 Å². The van der Waals surface area contributed by atoms with Crippen molar-refractivity contribution in [2.45, 2.75) is 0 Å². The fraction of sp³-hybridized carbons (Fsp3) is 0. The van der Waals surface area contributed by atoms with Gasteiger partial charge in [-0.3, -0.25) is 35.3 Å². The normalized spacial score (nSPS) is 10.3. The maximum Gasteiger partial charge on any atom is 0.277 e. The summed E-state index contributed by atoms with van der Waals surface area (Å²) in [5, 5.41) is 32.7. The molecule has 1 aromatic carbocycles. The Kier molecular flexibility index (Phi) is 4.57. The number of nitrogens with one attached hydrogen (secondary N) is 1. The van der Waals surface area contributed by atoms with Gasteiger partial charge in [-0.2, -0.15) is 0 Å². The first-order valence-corrected chi connectivity index (χ1v) is 7.75. The first-order chi connectivity index (χ1) is 12.4. The second-order valence-corrected chi connectivity index (χ2v) is 5.83. The Morgan fingerprint density at radius 1 is 1.00 bits per heavy atom. The van der Waals surface area contributed by atoms with Crippen LogP contribution >= 0.6 is 11.3 Å². The number of non-ortho nitro benzene ring substituents is 2. The maximum atomic E-state index is 12.3. The van der Waals surface area contributed by atoms with Crippen LogP contribution in [0.1, 0.15) is 10.4 Å². The molecule has 2 heterocycles. The summed E-state index contributed by atoms with van der Waals surface area (Å²) in [7, 11) is 0. The van der Waals surface area contributed by atoms with Crippen molar-refractivity contribution in [2.24, 2.45) is 0 Å². The van der Waals surface area contributed by atoms with Crippen LogP contribution in [0.15, 0.2) is 42.7 Å². The van der Waals surface area contributed by atoms with Crippen molar-refractivity contribution in [3.63, 3.8) is 0 Å². The standard InChI is InChI=1S/C14H8N6O5S/c21-12(9-5-10(19(22)23)7-11(6-9)20(24)25)16-14-18-17-13(26-14)8-1-3-15-4-2-8/h1-7H,(H,16,18,21). The van der Waals surface area contributed by atoms with Crippen LogP contribution < -0.4 is 5.32 Å². The van der Waals surface area contributed by atoms with Gasteiger partial charge in [-0.25, -0.2) is 0 Å². The topological polar surface area (TPSA) is 154 Å². The van der Waals surface area contributed by atoms with Gasteiger partial charge in [0.2, 0.25) is 5.13 Å². The first kappa shape index (κ1) is 17.0. The SMILES string of the molecule is O=C(Nc1nnc(-c2ccncc2)s1)c1cc([N+](=O)[O-])cc([N+](=O)[O-])c1. The van der Waals surface area contributed by atoms with E-state index in [-0.39, 0.29) is 10.7 Å². The zero-order chi connectivity index (χ0) is 18.7. The third-order valence-corrected chi connectivity index (χ3v) is 4.05. The number of nitrogens with zero attached hydrogens (tertiary/aromatic N) is 5. The molecule has 0 aliphatic carbocycles. The number of hydrogen-bond acceptors (Lipinski definition) is 9. The van der Waals surface area contributed by atoms with E-state index in [1.165, 1.54) is 0 Å². The maximum absolute atomic E-state index is 12.3. The van der Waals surface area contributed by atoms with Gasteiger partial charge in [0, 0.05) is 30.1 Å². The highest BCUT2D eigenvalue weighted by atomic mass is 32.1. The van der Waals surface area contributed by atoms with E-state index in [1.807, 2.05) is 0 Å². The molecule has 11 nitrogen and oxygen atoms in total. The summed E-state index contributed by atoms with van der Waals surface area (Å²) in [6, 6.07) is 6.12. The molecule has 12 heteroatoms. The van der Waals surface area contributed by atoms with Crippen LogP contribution in [-0.2, 0) is 0 Å². The molecule has 0 spiro atoms. The van der Waals surface area contributed by atoms with Gasteiger partial charge >= 0.3 is 0 Å². The molecule has 3 aromatic rings. The molecule has 0 bridgehead atoms. The van der Waals surface area contributed by atoms with E-state index in [2.05, 4.69) is 20.5 Å². The minimum atomic E-state index is -0.809. The number of nitro benzene ring substituents is 2. The van der Waals surface area contributed by atoms with Crippen LogP contribution in [0.5, 0.6) is 0 Å².